The summed E-state index contributed by atoms with van der Waals surface area (Å²) in [4.78, 5) is 11.9. The first-order valence-corrected chi connectivity index (χ1v) is 5.36. The van der Waals surface area contributed by atoms with Crippen LogP contribution in [0.2, 0.25) is 0 Å². The summed E-state index contributed by atoms with van der Waals surface area (Å²) < 4.78 is 5.85. The summed E-state index contributed by atoms with van der Waals surface area (Å²) in [6, 6.07) is 7.98. The number of ether oxygens (including phenoxy) is 1. The van der Waals surface area contributed by atoms with Crippen LogP contribution in [0, 0.1) is 11.8 Å². The van der Waals surface area contributed by atoms with E-state index in [4.69, 9.17) is 4.74 Å². The molecule has 5 rings (SSSR count). The van der Waals surface area contributed by atoms with Gasteiger partial charge < -0.3 is 10.1 Å². The lowest BCUT2D eigenvalue weighted by Gasteiger charge is -2.47. The molecule has 2 bridgehead atoms. The molecule has 3 nitrogen and oxygen atoms in total. The number of para-hydroxylation sites is 1. The van der Waals surface area contributed by atoms with Gasteiger partial charge in [-0.25, -0.2) is 0 Å². The largest absolute Gasteiger partial charge is 0.369 e. The van der Waals surface area contributed by atoms with Crippen molar-refractivity contribution in [3.63, 3.8) is 0 Å². The zero-order chi connectivity index (χ0) is 10.0. The Morgan fingerprint density at radius 3 is 3.13 bits per heavy atom. The van der Waals surface area contributed by atoms with Gasteiger partial charge in [0.15, 0.2) is 0 Å². The Bertz CT molecular complexity index is 466. The molecule has 4 aliphatic rings. The lowest BCUT2D eigenvalue weighted by molar-refractivity contribution is -0.138. The number of hydrogen-bond donors (Lipinski definition) is 1. The van der Waals surface area contributed by atoms with Gasteiger partial charge in [0.25, 0.3) is 0 Å². The maximum atomic E-state index is 11.9. The number of nitrogens with one attached hydrogen (secondary N) is 1. The molecule has 0 radical (unpaired) electrons. The minimum absolute atomic E-state index is 0.0624. The highest BCUT2D eigenvalue weighted by Gasteiger charge is 2.66. The summed E-state index contributed by atoms with van der Waals surface area (Å²) in [5.74, 6) is 0.646. The van der Waals surface area contributed by atoms with Gasteiger partial charge in [0.1, 0.15) is 5.60 Å². The highest BCUT2D eigenvalue weighted by atomic mass is 16.5. The van der Waals surface area contributed by atoms with Crippen molar-refractivity contribution in [2.45, 2.75) is 12.0 Å². The van der Waals surface area contributed by atoms with Crippen molar-refractivity contribution in [2.75, 3.05) is 11.9 Å². The van der Waals surface area contributed by atoms with E-state index < -0.39 is 0 Å². The number of benzene rings is 1. The van der Waals surface area contributed by atoms with Gasteiger partial charge in [-0.2, -0.15) is 0 Å². The average molecular weight is 201 g/mol. The lowest BCUT2D eigenvalue weighted by Crippen LogP contribution is -2.54. The molecule has 3 heteroatoms. The molecule has 3 aliphatic heterocycles. The molecule has 3 atom stereocenters. The second-order valence-electron chi connectivity index (χ2n) is 4.68. The van der Waals surface area contributed by atoms with Crippen LogP contribution in [0.15, 0.2) is 24.3 Å². The van der Waals surface area contributed by atoms with E-state index in [2.05, 4.69) is 11.4 Å². The fourth-order valence-corrected chi connectivity index (χ4v) is 3.37. The molecule has 1 N–H and O–H groups in total. The van der Waals surface area contributed by atoms with Crippen LogP contribution in [0.5, 0.6) is 0 Å². The number of carbonyl (C=O) groups excluding carboxylic acids is 1. The molecular weight excluding hydrogens is 190 g/mol. The zero-order valence-corrected chi connectivity index (χ0v) is 8.19. The van der Waals surface area contributed by atoms with Crippen LogP contribution < -0.4 is 5.32 Å². The molecule has 76 valence electrons. The molecule has 1 amide bonds. The van der Waals surface area contributed by atoms with Crippen LogP contribution in [-0.2, 0) is 15.1 Å². The molecule has 3 fully saturated rings. The van der Waals surface area contributed by atoms with E-state index in [0.29, 0.717) is 5.92 Å². The van der Waals surface area contributed by atoms with E-state index in [9.17, 15) is 4.79 Å². The Labute approximate surface area is 87.4 Å². The topological polar surface area (TPSA) is 38.3 Å². The van der Waals surface area contributed by atoms with Crippen molar-refractivity contribution in [3.05, 3.63) is 29.8 Å². The van der Waals surface area contributed by atoms with Gasteiger partial charge in [-0.1, -0.05) is 18.2 Å². The molecule has 1 aliphatic carbocycles. The van der Waals surface area contributed by atoms with E-state index in [1.807, 2.05) is 18.2 Å². The van der Waals surface area contributed by atoms with Crippen LogP contribution in [-0.4, -0.2) is 12.5 Å². The SMILES string of the molecule is O=C1Nc2ccccc2[C@]23C[C@H](CO2)C13. The fraction of sp³-hybridized carbons (Fsp3) is 0.417. The number of amides is 1. The van der Waals surface area contributed by atoms with Gasteiger partial charge in [-0.05, 0) is 12.5 Å². The molecule has 3 heterocycles. The smallest absolute Gasteiger partial charge is 0.231 e. The molecule has 1 aromatic rings. The normalized spacial score (nSPS) is 40.1. The maximum absolute atomic E-state index is 11.9. The van der Waals surface area contributed by atoms with Crippen molar-refractivity contribution in [2.24, 2.45) is 11.8 Å². The fourth-order valence-electron chi connectivity index (χ4n) is 3.37. The number of anilines is 1. The van der Waals surface area contributed by atoms with Crippen molar-refractivity contribution >= 4 is 11.6 Å². The van der Waals surface area contributed by atoms with Gasteiger partial charge in [0.05, 0.1) is 12.5 Å². The highest BCUT2D eigenvalue weighted by Crippen LogP contribution is 2.62. The molecule has 1 spiro atoms. The van der Waals surface area contributed by atoms with Crippen molar-refractivity contribution in [1.82, 2.24) is 0 Å². The standard InChI is InChI=1S/C12H11NO2/c14-11-10-7-5-12(10,15-6-7)8-3-1-2-4-9(8)13-11/h1-4,7,10H,5-6H2,(H,13,14)/t7-,10?,12+/m1/s1. The van der Waals surface area contributed by atoms with Crippen molar-refractivity contribution < 1.29 is 9.53 Å². The maximum Gasteiger partial charge on any atom is 0.231 e. The van der Waals surface area contributed by atoms with E-state index in [0.717, 1.165) is 18.7 Å². The Hall–Kier alpha value is -1.35. The number of fused-ring (bicyclic) bond motifs is 2. The van der Waals surface area contributed by atoms with Crippen LogP contribution in [0.1, 0.15) is 12.0 Å². The molecule has 15 heavy (non-hydrogen) atoms. The monoisotopic (exact) mass is 201 g/mol. The summed E-state index contributed by atoms with van der Waals surface area (Å²) in [6.45, 7) is 0.742. The Kier molecular flexibility index (Phi) is 1.18. The van der Waals surface area contributed by atoms with Gasteiger partial charge in [-0.3, -0.25) is 4.79 Å². The average Bonchev–Trinajstić information content (AvgIpc) is 2.76. The third-order valence-corrected chi connectivity index (χ3v) is 4.02. The quantitative estimate of drug-likeness (QED) is 0.690. The van der Waals surface area contributed by atoms with Crippen LogP contribution >= 0.6 is 0 Å². The number of hydrogen-bond acceptors (Lipinski definition) is 2. The van der Waals surface area contributed by atoms with E-state index in [1.165, 1.54) is 5.56 Å². The van der Waals surface area contributed by atoms with Crippen LogP contribution in [0.4, 0.5) is 5.69 Å². The number of rotatable bonds is 0. The highest BCUT2D eigenvalue weighted by molar-refractivity contribution is 5.98. The number of carbonyl (C=O) groups is 1. The van der Waals surface area contributed by atoms with Crippen molar-refractivity contribution in [3.8, 4) is 0 Å². The predicted octanol–water partition coefficient (Wildman–Crippen LogP) is 1.50. The summed E-state index contributed by atoms with van der Waals surface area (Å²) in [5, 5.41) is 2.97. The zero-order valence-electron chi connectivity index (χ0n) is 8.19. The minimum Gasteiger partial charge on any atom is -0.369 e. The predicted molar refractivity (Wildman–Crippen MR) is 54.3 cm³/mol. The molecule has 1 unspecified atom stereocenters. The first kappa shape index (κ1) is 7.88. The summed E-state index contributed by atoms with van der Waals surface area (Å²) >= 11 is 0. The second-order valence-corrected chi connectivity index (χ2v) is 4.68. The summed E-state index contributed by atoms with van der Waals surface area (Å²) in [6.07, 6.45) is 1.02. The van der Waals surface area contributed by atoms with Gasteiger partial charge in [-0.15, -0.1) is 0 Å². The molecule has 1 aromatic carbocycles. The van der Waals surface area contributed by atoms with Crippen LogP contribution in [0.3, 0.4) is 0 Å². The molecule has 0 aromatic heterocycles. The van der Waals surface area contributed by atoms with E-state index in [-0.39, 0.29) is 17.4 Å². The first-order chi connectivity index (χ1) is 7.31. The Morgan fingerprint density at radius 2 is 2.27 bits per heavy atom. The van der Waals surface area contributed by atoms with Gasteiger partial charge in [0, 0.05) is 17.2 Å². The van der Waals surface area contributed by atoms with Gasteiger partial charge >= 0.3 is 0 Å². The first-order valence-electron chi connectivity index (χ1n) is 5.36. The summed E-state index contributed by atoms with van der Waals surface area (Å²) in [7, 11) is 0. The van der Waals surface area contributed by atoms with E-state index in [1.54, 1.807) is 0 Å². The summed E-state index contributed by atoms with van der Waals surface area (Å²) in [5.41, 5.74) is 1.83. The second kappa shape index (κ2) is 2.25. The van der Waals surface area contributed by atoms with Gasteiger partial charge in [0.2, 0.25) is 5.91 Å². The molecular formula is C12H11NO2. The van der Waals surface area contributed by atoms with Crippen molar-refractivity contribution in [1.29, 1.82) is 0 Å². The van der Waals surface area contributed by atoms with Crippen LogP contribution in [0.25, 0.3) is 0 Å². The lowest BCUT2D eigenvalue weighted by atomic mass is 9.59. The third kappa shape index (κ3) is 0.720. The molecule has 1 saturated carbocycles. The minimum atomic E-state index is -0.274. The Morgan fingerprint density at radius 1 is 1.40 bits per heavy atom. The molecule has 2 saturated heterocycles. The third-order valence-electron chi connectivity index (χ3n) is 4.02. The van der Waals surface area contributed by atoms with E-state index >= 15 is 0 Å². The Balaban J connectivity index is 1.97.